The zero-order valence-corrected chi connectivity index (χ0v) is 25.4. The van der Waals surface area contributed by atoms with Crippen LogP contribution in [0.4, 0.5) is 0 Å². The third-order valence-corrected chi connectivity index (χ3v) is 9.11. The van der Waals surface area contributed by atoms with Gasteiger partial charge in [-0.05, 0) is 51.4 Å². The average molecular weight is 561 g/mol. The third kappa shape index (κ3) is 13.0. The Morgan fingerprint density at radius 3 is 1.18 bits per heavy atom. The molecule has 0 saturated heterocycles. The molecule has 0 atom stereocenters. The summed E-state index contributed by atoms with van der Waals surface area (Å²) >= 11 is 0. The smallest absolute Gasteiger partial charge is 0.191 e. The van der Waals surface area contributed by atoms with Crippen LogP contribution >= 0.6 is 0 Å². The summed E-state index contributed by atoms with van der Waals surface area (Å²) in [6.07, 6.45) is 26.0. The maximum atomic E-state index is 5.87. The van der Waals surface area contributed by atoms with Crippen molar-refractivity contribution in [3.63, 3.8) is 0 Å². The first-order valence-electron chi connectivity index (χ1n) is 17.2. The van der Waals surface area contributed by atoms with Gasteiger partial charge in [0, 0.05) is 25.2 Å². The van der Waals surface area contributed by atoms with Crippen LogP contribution in [0.5, 0.6) is 0 Å². The highest BCUT2D eigenvalue weighted by molar-refractivity contribution is 5.80. The van der Waals surface area contributed by atoms with Gasteiger partial charge in [0.1, 0.15) is 0 Å². The van der Waals surface area contributed by atoms with E-state index in [0.717, 1.165) is 25.0 Å². The molecule has 0 bridgehead atoms. The molecule has 0 spiro atoms. The van der Waals surface area contributed by atoms with Crippen LogP contribution in [0, 0.1) is 0 Å². The van der Waals surface area contributed by atoms with Crippen molar-refractivity contribution in [2.24, 2.45) is 9.98 Å². The highest BCUT2D eigenvalue weighted by Gasteiger charge is 2.19. The lowest BCUT2D eigenvalue weighted by atomic mass is 9.95. The lowest BCUT2D eigenvalue weighted by Crippen LogP contribution is -2.46. The monoisotopic (exact) mass is 560 g/mol. The van der Waals surface area contributed by atoms with Crippen molar-refractivity contribution in [1.29, 1.82) is 0 Å². The summed E-state index contributed by atoms with van der Waals surface area (Å²) in [5.74, 6) is 1.99. The van der Waals surface area contributed by atoms with Crippen LogP contribution in [-0.2, 0) is 9.47 Å². The Hall–Kier alpha value is -1.54. The average Bonchev–Trinajstić information content (AvgIpc) is 3.00. The number of hydrogen-bond donors (Lipinski definition) is 4. The Balaban J connectivity index is 1.07. The molecule has 4 aliphatic carbocycles. The molecule has 0 aromatic rings. The van der Waals surface area contributed by atoms with Crippen LogP contribution in [0.2, 0.25) is 0 Å². The van der Waals surface area contributed by atoms with Crippen LogP contribution < -0.4 is 21.3 Å². The van der Waals surface area contributed by atoms with Gasteiger partial charge in [-0.2, -0.15) is 0 Å². The predicted molar refractivity (Wildman–Crippen MR) is 166 cm³/mol. The first-order valence-corrected chi connectivity index (χ1v) is 17.2. The van der Waals surface area contributed by atoms with Gasteiger partial charge in [-0.25, -0.2) is 9.98 Å². The van der Waals surface area contributed by atoms with Crippen molar-refractivity contribution in [3.05, 3.63) is 0 Å². The van der Waals surface area contributed by atoms with Crippen LogP contribution in [0.15, 0.2) is 9.98 Å². The quantitative estimate of drug-likeness (QED) is 0.137. The van der Waals surface area contributed by atoms with Crippen molar-refractivity contribution < 1.29 is 9.47 Å². The SMILES string of the molecule is C1CCC(N=C(NCCOCCOCCNC(=NC2CCCCC2)NC2CCCCC2)NC2CCCCC2)CC1. The van der Waals surface area contributed by atoms with E-state index >= 15 is 0 Å². The molecule has 0 amide bonds. The number of nitrogens with zero attached hydrogens (tertiary/aromatic N) is 2. The van der Waals surface area contributed by atoms with Gasteiger partial charge in [0.05, 0.1) is 38.5 Å². The van der Waals surface area contributed by atoms with Gasteiger partial charge in [0.25, 0.3) is 0 Å². The summed E-state index contributed by atoms with van der Waals surface area (Å²) in [7, 11) is 0. The van der Waals surface area contributed by atoms with Crippen molar-refractivity contribution in [2.45, 2.75) is 153 Å². The normalized spacial score (nSPS) is 23.2. The van der Waals surface area contributed by atoms with Gasteiger partial charge >= 0.3 is 0 Å². The van der Waals surface area contributed by atoms with E-state index in [9.17, 15) is 0 Å². The van der Waals surface area contributed by atoms with E-state index in [4.69, 9.17) is 19.5 Å². The molecular weight excluding hydrogens is 500 g/mol. The van der Waals surface area contributed by atoms with Crippen molar-refractivity contribution in [1.82, 2.24) is 21.3 Å². The summed E-state index contributed by atoms with van der Waals surface area (Å²) in [5, 5.41) is 14.5. The second kappa shape index (κ2) is 19.6. The van der Waals surface area contributed by atoms with Crippen LogP contribution in [0.25, 0.3) is 0 Å². The summed E-state index contributed by atoms with van der Waals surface area (Å²) < 4.78 is 11.7. The molecule has 0 heterocycles. The van der Waals surface area contributed by atoms with Gasteiger partial charge in [0.2, 0.25) is 0 Å². The molecule has 4 saturated carbocycles. The molecule has 0 unspecified atom stereocenters. The largest absolute Gasteiger partial charge is 0.377 e. The van der Waals surface area contributed by atoms with E-state index in [-0.39, 0.29) is 0 Å². The van der Waals surface area contributed by atoms with Crippen molar-refractivity contribution in [2.75, 3.05) is 39.5 Å². The molecule has 8 heteroatoms. The van der Waals surface area contributed by atoms with Crippen LogP contribution in [0.3, 0.4) is 0 Å². The predicted octanol–water partition coefficient (Wildman–Crippen LogP) is 5.42. The number of nitrogens with one attached hydrogen (secondary N) is 4. The van der Waals surface area contributed by atoms with Gasteiger partial charge in [-0.15, -0.1) is 0 Å². The number of aliphatic imine (C=N–C) groups is 2. The Morgan fingerprint density at radius 2 is 0.800 bits per heavy atom. The topological polar surface area (TPSA) is 91.3 Å². The van der Waals surface area contributed by atoms with E-state index in [1.165, 1.54) is 128 Å². The summed E-state index contributed by atoms with van der Waals surface area (Å²) in [6, 6.07) is 2.08. The molecular formula is C32H60N6O2. The van der Waals surface area contributed by atoms with Crippen LogP contribution in [0.1, 0.15) is 128 Å². The number of guanidine groups is 2. The summed E-state index contributed by atoms with van der Waals surface area (Å²) in [4.78, 5) is 10.2. The Bertz CT molecular complexity index is 648. The van der Waals surface area contributed by atoms with E-state index in [1.807, 2.05) is 0 Å². The van der Waals surface area contributed by atoms with E-state index < -0.39 is 0 Å². The third-order valence-electron chi connectivity index (χ3n) is 9.11. The van der Waals surface area contributed by atoms with Crippen molar-refractivity contribution >= 4 is 11.9 Å². The van der Waals surface area contributed by atoms with E-state index in [0.29, 0.717) is 50.6 Å². The number of hydrogen-bond acceptors (Lipinski definition) is 4. The maximum absolute atomic E-state index is 5.87. The second-order valence-corrected chi connectivity index (χ2v) is 12.6. The second-order valence-electron chi connectivity index (χ2n) is 12.6. The lowest BCUT2D eigenvalue weighted by Gasteiger charge is -2.27. The first-order chi connectivity index (χ1) is 19.8. The Kier molecular flexibility index (Phi) is 15.4. The lowest BCUT2D eigenvalue weighted by molar-refractivity contribution is 0.0518. The minimum absolute atomic E-state index is 0.473. The summed E-state index contributed by atoms with van der Waals surface area (Å²) in [5.41, 5.74) is 0. The Labute approximate surface area is 244 Å². The molecule has 40 heavy (non-hydrogen) atoms. The molecule has 0 radical (unpaired) electrons. The molecule has 230 valence electrons. The first kappa shape index (κ1) is 31.4. The van der Waals surface area contributed by atoms with Gasteiger partial charge in [-0.3, -0.25) is 0 Å². The standard InChI is InChI=1S/C32H60N6O2/c1-5-13-27(14-6-1)35-31(36-28-15-7-2-8-16-28)33-21-23-39-25-26-40-24-22-34-32(37-29-17-9-3-10-18-29)38-30-19-11-4-12-20-30/h27-30H,1-26H2,(H2,33,35,36)(H2,34,37,38). The molecule has 0 aromatic heterocycles. The fourth-order valence-corrected chi connectivity index (χ4v) is 6.74. The van der Waals surface area contributed by atoms with Crippen molar-refractivity contribution in [3.8, 4) is 0 Å². The number of ether oxygens (including phenoxy) is 2. The minimum Gasteiger partial charge on any atom is -0.377 e. The molecule has 4 fully saturated rings. The number of rotatable bonds is 13. The highest BCUT2D eigenvalue weighted by atomic mass is 16.5. The highest BCUT2D eigenvalue weighted by Crippen LogP contribution is 2.22. The van der Waals surface area contributed by atoms with Crippen LogP contribution in [-0.4, -0.2) is 75.6 Å². The molecule has 4 rings (SSSR count). The maximum Gasteiger partial charge on any atom is 0.191 e. The van der Waals surface area contributed by atoms with E-state index in [1.54, 1.807) is 0 Å². The van der Waals surface area contributed by atoms with Gasteiger partial charge in [0.15, 0.2) is 11.9 Å². The fraction of sp³-hybridized carbons (Fsp3) is 0.938. The zero-order valence-electron chi connectivity index (χ0n) is 25.4. The fourth-order valence-electron chi connectivity index (χ4n) is 6.74. The molecule has 8 nitrogen and oxygen atoms in total. The molecule has 0 aliphatic heterocycles. The zero-order chi connectivity index (χ0) is 27.5. The van der Waals surface area contributed by atoms with Gasteiger partial charge < -0.3 is 30.7 Å². The summed E-state index contributed by atoms with van der Waals surface area (Å²) in [6.45, 7) is 4.13. The minimum atomic E-state index is 0.473. The molecule has 0 aromatic carbocycles. The Morgan fingerprint density at radius 1 is 0.450 bits per heavy atom. The van der Waals surface area contributed by atoms with Gasteiger partial charge in [-0.1, -0.05) is 77.0 Å². The van der Waals surface area contributed by atoms with E-state index in [2.05, 4.69) is 21.3 Å². The molecule has 4 aliphatic rings. The molecule has 4 N–H and O–H groups in total.